The molecule has 0 bridgehead atoms. The van der Waals surface area contributed by atoms with Crippen molar-refractivity contribution in [1.82, 2.24) is 10.6 Å². The molecule has 1 fully saturated rings. The lowest BCUT2D eigenvalue weighted by molar-refractivity contribution is -0.127. The average Bonchev–Trinajstić information content (AvgIpc) is 2.45. The van der Waals surface area contributed by atoms with Gasteiger partial charge in [-0.3, -0.25) is 9.59 Å². The van der Waals surface area contributed by atoms with Crippen LogP contribution in [0.5, 0.6) is 0 Å². The van der Waals surface area contributed by atoms with E-state index in [0.717, 1.165) is 16.8 Å². The summed E-state index contributed by atoms with van der Waals surface area (Å²) < 4.78 is 0. The van der Waals surface area contributed by atoms with Crippen molar-refractivity contribution in [3.8, 4) is 0 Å². The predicted octanol–water partition coefficient (Wildman–Crippen LogP) is 0.434. The molecule has 5 N–H and O–H groups in total. The molecular weight excluding hydrogens is 280 g/mol. The van der Waals surface area contributed by atoms with Gasteiger partial charge in [-0.15, -0.1) is 0 Å². The third-order valence-corrected chi connectivity index (χ3v) is 4.21. The van der Waals surface area contributed by atoms with E-state index in [2.05, 4.69) is 16.0 Å². The number of nitrogens with two attached hydrogens (primary N) is 1. The fourth-order valence-corrected chi connectivity index (χ4v) is 2.60. The molecule has 1 aliphatic rings. The zero-order valence-electron chi connectivity index (χ0n) is 13.4. The van der Waals surface area contributed by atoms with Crippen molar-refractivity contribution in [3.63, 3.8) is 0 Å². The largest absolute Gasteiger partial charge is 0.368 e. The van der Waals surface area contributed by atoms with Gasteiger partial charge in [-0.2, -0.15) is 0 Å². The SMILES string of the molecule is Cc1ccc(C)c(NC(=O)C2NC(C)C(C)NC2C(N)=O)c1. The maximum Gasteiger partial charge on any atom is 0.243 e. The Balaban J connectivity index is 2.19. The van der Waals surface area contributed by atoms with Crippen LogP contribution >= 0.6 is 0 Å². The molecule has 22 heavy (non-hydrogen) atoms. The minimum atomic E-state index is -0.726. The number of carbonyl (C=O) groups excluding carboxylic acids is 2. The molecule has 1 saturated heterocycles. The van der Waals surface area contributed by atoms with E-state index in [1.807, 2.05) is 45.9 Å². The molecule has 1 aliphatic heterocycles. The molecule has 4 unspecified atom stereocenters. The molecule has 2 amide bonds. The van der Waals surface area contributed by atoms with Crippen LogP contribution in [-0.4, -0.2) is 36.0 Å². The highest BCUT2D eigenvalue weighted by molar-refractivity contribution is 6.00. The molecule has 0 aromatic heterocycles. The van der Waals surface area contributed by atoms with Crippen molar-refractivity contribution in [3.05, 3.63) is 29.3 Å². The van der Waals surface area contributed by atoms with E-state index in [9.17, 15) is 9.59 Å². The monoisotopic (exact) mass is 304 g/mol. The highest BCUT2D eigenvalue weighted by Crippen LogP contribution is 2.18. The van der Waals surface area contributed by atoms with Crippen LogP contribution < -0.4 is 21.7 Å². The summed E-state index contributed by atoms with van der Waals surface area (Å²) in [6, 6.07) is 4.55. The van der Waals surface area contributed by atoms with Crippen LogP contribution in [0, 0.1) is 13.8 Å². The molecule has 120 valence electrons. The van der Waals surface area contributed by atoms with Gasteiger partial charge in [0.1, 0.15) is 12.1 Å². The lowest BCUT2D eigenvalue weighted by Crippen LogP contribution is -2.70. The maximum absolute atomic E-state index is 12.6. The fraction of sp³-hybridized carbons (Fsp3) is 0.500. The molecule has 1 aromatic carbocycles. The summed E-state index contributed by atoms with van der Waals surface area (Å²) in [7, 11) is 0. The Morgan fingerprint density at radius 1 is 1.09 bits per heavy atom. The summed E-state index contributed by atoms with van der Waals surface area (Å²) in [4.78, 5) is 24.2. The Bertz CT molecular complexity index is 588. The minimum absolute atomic E-state index is 0.0576. The Morgan fingerprint density at radius 3 is 2.27 bits per heavy atom. The second-order valence-electron chi connectivity index (χ2n) is 6.08. The number of carbonyl (C=O) groups is 2. The van der Waals surface area contributed by atoms with Gasteiger partial charge < -0.3 is 21.7 Å². The standard InChI is InChI=1S/C16H24N4O2/c1-8-5-6-9(2)12(7-8)20-16(22)14-13(15(17)21)18-10(3)11(4)19-14/h5-7,10-11,13-14,18-19H,1-4H3,(H2,17,21)(H,20,22). The highest BCUT2D eigenvalue weighted by Gasteiger charge is 2.39. The zero-order chi connectivity index (χ0) is 16.4. The molecule has 6 heteroatoms. The van der Waals surface area contributed by atoms with Crippen LogP contribution in [-0.2, 0) is 9.59 Å². The number of piperazine rings is 1. The molecule has 0 spiro atoms. The van der Waals surface area contributed by atoms with E-state index in [1.165, 1.54) is 0 Å². The number of benzene rings is 1. The predicted molar refractivity (Wildman–Crippen MR) is 86.5 cm³/mol. The normalized spacial score (nSPS) is 28.2. The fourth-order valence-electron chi connectivity index (χ4n) is 2.60. The first-order chi connectivity index (χ1) is 10.3. The molecule has 1 heterocycles. The number of hydrogen-bond donors (Lipinski definition) is 4. The summed E-state index contributed by atoms with van der Waals surface area (Å²) in [6.07, 6.45) is 0. The van der Waals surface area contributed by atoms with E-state index in [4.69, 9.17) is 5.73 Å². The summed E-state index contributed by atoms with van der Waals surface area (Å²) in [6.45, 7) is 7.81. The molecular formula is C16H24N4O2. The number of nitrogens with one attached hydrogen (secondary N) is 3. The van der Waals surface area contributed by atoms with Crippen molar-refractivity contribution >= 4 is 17.5 Å². The number of rotatable bonds is 3. The second-order valence-corrected chi connectivity index (χ2v) is 6.08. The van der Waals surface area contributed by atoms with E-state index >= 15 is 0 Å². The molecule has 0 aliphatic carbocycles. The van der Waals surface area contributed by atoms with Crippen LogP contribution in [0.25, 0.3) is 0 Å². The van der Waals surface area contributed by atoms with E-state index < -0.39 is 18.0 Å². The lowest BCUT2D eigenvalue weighted by Gasteiger charge is -2.38. The van der Waals surface area contributed by atoms with Crippen LogP contribution in [0.3, 0.4) is 0 Å². The first kappa shape index (κ1) is 16.5. The minimum Gasteiger partial charge on any atom is -0.368 e. The second kappa shape index (κ2) is 6.46. The number of hydrogen-bond acceptors (Lipinski definition) is 4. The van der Waals surface area contributed by atoms with Gasteiger partial charge in [0.05, 0.1) is 0 Å². The summed E-state index contributed by atoms with van der Waals surface area (Å²) in [5.74, 6) is -0.795. The van der Waals surface area contributed by atoms with Crippen LogP contribution in [0.2, 0.25) is 0 Å². The summed E-state index contributed by atoms with van der Waals surface area (Å²) >= 11 is 0. The number of primary amides is 1. The van der Waals surface area contributed by atoms with Gasteiger partial charge in [0.15, 0.2) is 0 Å². The smallest absolute Gasteiger partial charge is 0.243 e. The number of aryl methyl sites for hydroxylation is 2. The van der Waals surface area contributed by atoms with Crippen LogP contribution in [0.4, 0.5) is 5.69 Å². The molecule has 0 saturated carbocycles. The van der Waals surface area contributed by atoms with Gasteiger partial charge in [0.25, 0.3) is 0 Å². The van der Waals surface area contributed by atoms with Gasteiger partial charge in [-0.1, -0.05) is 12.1 Å². The molecule has 0 radical (unpaired) electrons. The summed E-state index contributed by atoms with van der Waals surface area (Å²) in [5.41, 5.74) is 8.21. The van der Waals surface area contributed by atoms with Crippen molar-refractivity contribution in [1.29, 1.82) is 0 Å². The summed E-state index contributed by atoms with van der Waals surface area (Å²) in [5, 5.41) is 9.18. The van der Waals surface area contributed by atoms with Crippen molar-refractivity contribution in [2.24, 2.45) is 5.73 Å². The first-order valence-corrected chi connectivity index (χ1v) is 7.49. The Kier molecular flexibility index (Phi) is 4.83. The van der Waals surface area contributed by atoms with Crippen molar-refractivity contribution in [2.75, 3.05) is 5.32 Å². The van der Waals surface area contributed by atoms with Gasteiger partial charge in [0, 0.05) is 17.8 Å². The van der Waals surface area contributed by atoms with Crippen molar-refractivity contribution < 1.29 is 9.59 Å². The zero-order valence-corrected chi connectivity index (χ0v) is 13.4. The molecule has 6 nitrogen and oxygen atoms in total. The molecule has 2 rings (SSSR count). The quantitative estimate of drug-likeness (QED) is 0.651. The third kappa shape index (κ3) is 3.45. The van der Waals surface area contributed by atoms with E-state index in [0.29, 0.717) is 0 Å². The van der Waals surface area contributed by atoms with Gasteiger partial charge >= 0.3 is 0 Å². The lowest BCUT2D eigenvalue weighted by atomic mass is 9.97. The first-order valence-electron chi connectivity index (χ1n) is 7.49. The van der Waals surface area contributed by atoms with Crippen molar-refractivity contribution in [2.45, 2.75) is 51.9 Å². The number of anilines is 1. The highest BCUT2D eigenvalue weighted by atomic mass is 16.2. The third-order valence-electron chi connectivity index (χ3n) is 4.21. The van der Waals surface area contributed by atoms with Gasteiger partial charge in [-0.05, 0) is 44.9 Å². The van der Waals surface area contributed by atoms with Crippen LogP contribution in [0.1, 0.15) is 25.0 Å². The van der Waals surface area contributed by atoms with E-state index in [1.54, 1.807) is 0 Å². The van der Waals surface area contributed by atoms with Gasteiger partial charge in [-0.25, -0.2) is 0 Å². The van der Waals surface area contributed by atoms with Gasteiger partial charge in [0.2, 0.25) is 11.8 Å². The Morgan fingerprint density at radius 2 is 1.68 bits per heavy atom. The molecule has 1 aromatic rings. The van der Waals surface area contributed by atoms with E-state index in [-0.39, 0.29) is 18.0 Å². The average molecular weight is 304 g/mol. The Labute approximate surface area is 130 Å². The number of amides is 2. The van der Waals surface area contributed by atoms with Crippen LogP contribution in [0.15, 0.2) is 18.2 Å². The maximum atomic E-state index is 12.6. The molecule has 4 atom stereocenters. The Hall–Kier alpha value is -1.92. The topological polar surface area (TPSA) is 96.2 Å².